The van der Waals surface area contributed by atoms with Crippen molar-refractivity contribution < 1.29 is 19.4 Å². The van der Waals surface area contributed by atoms with E-state index in [1.807, 2.05) is 31.4 Å². The Bertz CT molecular complexity index is 806. The lowest BCUT2D eigenvalue weighted by Gasteiger charge is -2.16. The van der Waals surface area contributed by atoms with Crippen LogP contribution in [-0.4, -0.2) is 28.7 Å². The van der Waals surface area contributed by atoms with Gasteiger partial charge >= 0.3 is 5.97 Å². The zero-order chi connectivity index (χ0) is 18.7. The summed E-state index contributed by atoms with van der Waals surface area (Å²) in [4.78, 5) is 23.8. The van der Waals surface area contributed by atoms with Gasteiger partial charge in [-0.1, -0.05) is 12.1 Å². The highest BCUT2D eigenvalue weighted by atomic mass is 16.5. The molecule has 0 aliphatic carbocycles. The van der Waals surface area contributed by atoms with Crippen LogP contribution in [0.2, 0.25) is 0 Å². The molecule has 0 saturated carbocycles. The number of primary amides is 1. The van der Waals surface area contributed by atoms with Crippen molar-refractivity contribution in [1.29, 1.82) is 0 Å². The normalized spacial score (nSPS) is 10.9. The van der Waals surface area contributed by atoms with Gasteiger partial charge in [0.15, 0.2) is 0 Å². The van der Waals surface area contributed by atoms with E-state index in [-0.39, 0.29) is 24.2 Å². The molecule has 0 atom stereocenters. The molecule has 2 aromatic rings. The van der Waals surface area contributed by atoms with Crippen molar-refractivity contribution in [3.63, 3.8) is 0 Å². The lowest BCUT2D eigenvalue weighted by Crippen LogP contribution is -2.14. The zero-order valence-electron chi connectivity index (χ0n) is 15.0. The average Bonchev–Trinajstić information content (AvgIpc) is 2.85. The van der Waals surface area contributed by atoms with E-state index in [0.717, 1.165) is 11.4 Å². The number of benzene rings is 1. The molecule has 0 aliphatic rings. The number of hydrogen-bond acceptors (Lipinski definition) is 4. The van der Waals surface area contributed by atoms with Gasteiger partial charge < -0.3 is 20.1 Å². The van der Waals surface area contributed by atoms with Crippen molar-refractivity contribution in [3.05, 3.63) is 41.2 Å². The first-order valence-corrected chi connectivity index (χ1v) is 8.17. The largest absolute Gasteiger partial charge is 0.508 e. The van der Waals surface area contributed by atoms with Crippen molar-refractivity contribution in [1.82, 2.24) is 4.57 Å². The van der Waals surface area contributed by atoms with Crippen molar-refractivity contribution >= 4 is 11.9 Å². The number of rotatable bonds is 6. The Morgan fingerprint density at radius 3 is 2.52 bits per heavy atom. The fourth-order valence-corrected chi connectivity index (χ4v) is 3.31. The molecule has 6 heteroatoms. The second kappa shape index (κ2) is 7.42. The number of esters is 1. The predicted octanol–water partition coefficient (Wildman–Crippen LogP) is 2.95. The van der Waals surface area contributed by atoms with Crippen LogP contribution in [0.4, 0.5) is 0 Å². The maximum atomic E-state index is 12.1. The number of nitrogens with zero attached hydrogens (tertiary/aromatic N) is 1. The molecule has 0 bridgehead atoms. The van der Waals surface area contributed by atoms with Crippen LogP contribution in [0, 0.1) is 6.92 Å². The second-order valence-electron chi connectivity index (χ2n) is 6.24. The number of carbonyl (C=O) groups is 2. The maximum Gasteiger partial charge on any atom is 0.305 e. The van der Waals surface area contributed by atoms with Crippen LogP contribution in [0.1, 0.15) is 48.1 Å². The van der Waals surface area contributed by atoms with E-state index in [2.05, 4.69) is 0 Å². The first-order chi connectivity index (χ1) is 11.8. The van der Waals surface area contributed by atoms with Crippen LogP contribution < -0.4 is 5.73 Å². The van der Waals surface area contributed by atoms with Gasteiger partial charge in [-0.3, -0.25) is 9.59 Å². The minimum absolute atomic E-state index is 0.0804. The van der Waals surface area contributed by atoms with Crippen molar-refractivity contribution in [3.8, 4) is 16.9 Å². The second-order valence-corrected chi connectivity index (χ2v) is 6.24. The molecule has 1 heterocycles. The Kier molecular flexibility index (Phi) is 5.51. The molecule has 0 saturated heterocycles. The topological polar surface area (TPSA) is 94.6 Å². The minimum atomic E-state index is -0.533. The van der Waals surface area contributed by atoms with Crippen molar-refractivity contribution in [2.24, 2.45) is 5.73 Å². The Hall–Kier alpha value is -2.76. The van der Waals surface area contributed by atoms with E-state index in [1.165, 1.54) is 7.11 Å². The third-order valence-electron chi connectivity index (χ3n) is 4.24. The van der Waals surface area contributed by atoms with E-state index in [9.17, 15) is 14.7 Å². The highest BCUT2D eigenvalue weighted by Crippen LogP contribution is 2.36. The Labute approximate surface area is 147 Å². The monoisotopic (exact) mass is 344 g/mol. The standard InChI is InChI=1S/C19H24N2O4/c1-11(2)21-12(3)17(19(20)24)18(13-6-5-7-14(22)10-13)15(21)8-9-16(23)25-4/h5-7,10-11,22H,8-9H2,1-4H3,(H2,20,24). The van der Waals surface area contributed by atoms with Crippen LogP contribution in [0.25, 0.3) is 11.1 Å². The lowest BCUT2D eigenvalue weighted by molar-refractivity contribution is -0.140. The zero-order valence-corrected chi connectivity index (χ0v) is 15.0. The molecule has 0 aliphatic heterocycles. The maximum absolute atomic E-state index is 12.1. The first-order valence-electron chi connectivity index (χ1n) is 8.17. The number of amides is 1. The third-order valence-corrected chi connectivity index (χ3v) is 4.24. The number of phenolic OH excluding ortho intramolecular Hbond substituents is 1. The van der Waals surface area contributed by atoms with Gasteiger partial charge in [-0.2, -0.15) is 0 Å². The fourth-order valence-electron chi connectivity index (χ4n) is 3.31. The number of aromatic nitrogens is 1. The van der Waals surface area contributed by atoms with Gasteiger partial charge in [0.2, 0.25) is 0 Å². The lowest BCUT2D eigenvalue weighted by atomic mass is 9.97. The molecule has 0 fully saturated rings. The van der Waals surface area contributed by atoms with E-state index in [0.29, 0.717) is 23.1 Å². The van der Waals surface area contributed by atoms with Crippen molar-refractivity contribution in [2.45, 2.75) is 39.7 Å². The highest BCUT2D eigenvalue weighted by Gasteiger charge is 2.26. The molecule has 1 aromatic heterocycles. The molecule has 1 amide bonds. The summed E-state index contributed by atoms with van der Waals surface area (Å²) in [6.07, 6.45) is 0.598. The van der Waals surface area contributed by atoms with Crippen LogP contribution in [0.3, 0.4) is 0 Å². The molecular weight excluding hydrogens is 320 g/mol. The summed E-state index contributed by atoms with van der Waals surface area (Å²) in [5.41, 5.74) is 9.00. The highest BCUT2D eigenvalue weighted by molar-refractivity contribution is 6.02. The molecule has 0 unspecified atom stereocenters. The average molecular weight is 344 g/mol. The number of ether oxygens (including phenoxy) is 1. The number of phenols is 1. The van der Waals surface area contributed by atoms with Gasteiger partial charge in [-0.05, 0) is 44.9 Å². The summed E-state index contributed by atoms with van der Waals surface area (Å²) >= 11 is 0. The quantitative estimate of drug-likeness (QED) is 0.788. The summed E-state index contributed by atoms with van der Waals surface area (Å²) in [6.45, 7) is 5.85. The molecule has 6 nitrogen and oxygen atoms in total. The van der Waals surface area contributed by atoms with E-state index in [4.69, 9.17) is 10.5 Å². The Balaban J connectivity index is 2.74. The van der Waals surface area contributed by atoms with Gasteiger partial charge in [0, 0.05) is 23.0 Å². The van der Waals surface area contributed by atoms with Gasteiger partial charge in [-0.15, -0.1) is 0 Å². The van der Waals surface area contributed by atoms with Gasteiger partial charge in [0.1, 0.15) is 5.75 Å². The minimum Gasteiger partial charge on any atom is -0.508 e. The number of aromatic hydroxyl groups is 1. The smallest absolute Gasteiger partial charge is 0.305 e. The van der Waals surface area contributed by atoms with Crippen molar-refractivity contribution in [2.75, 3.05) is 7.11 Å². The molecule has 25 heavy (non-hydrogen) atoms. The SMILES string of the molecule is COC(=O)CCc1c(-c2cccc(O)c2)c(C(N)=O)c(C)n1C(C)C. The summed E-state index contributed by atoms with van der Waals surface area (Å²) in [7, 11) is 1.35. The summed E-state index contributed by atoms with van der Waals surface area (Å²) < 4.78 is 6.76. The summed E-state index contributed by atoms with van der Waals surface area (Å²) in [5, 5.41) is 9.84. The molecular formula is C19H24N2O4. The number of hydrogen-bond donors (Lipinski definition) is 2. The van der Waals surface area contributed by atoms with Gasteiger partial charge in [-0.25, -0.2) is 0 Å². The molecule has 134 valence electrons. The van der Waals surface area contributed by atoms with Crippen LogP contribution in [-0.2, 0) is 16.0 Å². The fraction of sp³-hybridized carbons (Fsp3) is 0.368. The van der Waals surface area contributed by atoms with Gasteiger partial charge in [0.25, 0.3) is 5.91 Å². The summed E-state index contributed by atoms with van der Waals surface area (Å²) in [5.74, 6) is -0.756. The molecule has 1 aromatic carbocycles. The van der Waals surface area contributed by atoms with Crippen LogP contribution in [0.5, 0.6) is 5.75 Å². The number of nitrogens with two attached hydrogens (primary N) is 1. The molecule has 2 rings (SSSR count). The van der Waals surface area contributed by atoms with E-state index < -0.39 is 5.91 Å². The molecule has 3 N–H and O–H groups in total. The molecule has 0 spiro atoms. The number of carbonyl (C=O) groups excluding carboxylic acids is 2. The Morgan fingerprint density at radius 1 is 1.32 bits per heavy atom. The number of methoxy groups -OCH3 is 1. The third kappa shape index (κ3) is 3.68. The van der Waals surface area contributed by atoms with Gasteiger partial charge in [0.05, 0.1) is 19.1 Å². The van der Waals surface area contributed by atoms with E-state index >= 15 is 0 Å². The van der Waals surface area contributed by atoms with E-state index in [1.54, 1.807) is 18.2 Å². The van der Waals surface area contributed by atoms with Crippen LogP contribution in [0.15, 0.2) is 24.3 Å². The molecule has 0 radical (unpaired) electrons. The first kappa shape index (κ1) is 18.6. The van der Waals surface area contributed by atoms with Crippen LogP contribution >= 0.6 is 0 Å². The Morgan fingerprint density at radius 2 is 2.00 bits per heavy atom. The summed E-state index contributed by atoms with van der Waals surface area (Å²) in [6, 6.07) is 6.76. The predicted molar refractivity (Wildman–Crippen MR) is 95.5 cm³/mol.